The largest absolute Gasteiger partial charge is 0.337 e. The van der Waals surface area contributed by atoms with Crippen LogP contribution in [0.4, 0.5) is 0 Å². The molecule has 5 nitrogen and oxygen atoms in total. The van der Waals surface area contributed by atoms with E-state index in [-0.39, 0.29) is 5.91 Å². The number of halogens is 1. The molecule has 1 amide bonds. The van der Waals surface area contributed by atoms with Crippen molar-refractivity contribution in [2.45, 2.75) is 13.5 Å². The number of aryl methyl sites for hydroxylation is 1. The molecule has 0 saturated heterocycles. The molecule has 0 saturated carbocycles. The smallest absolute Gasteiger partial charge is 0.257 e. The van der Waals surface area contributed by atoms with Gasteiger partial charge in [0.2, 0.25) is 0 Å². The summed E-state index contributed by atoms with van der Waals surface area (Å²) in [4.78, 5) is 18.4. The van der Waals surface area contributed by atoms with Gasteiger partial charge in [0.15, 0.2) is 5.82 Å². The van der Waals surface area contributed by atoms with Crippen molar-refractivity contribution in [2.24, 2.45) is 0 Å². The molecule has 0 bridgehead atoms. The second-order valence-corrected chi connectivity index (χ2v) is 6.43. The predicted molar refractivity (Wildman–Crippen MR) is 94.4 cm³/mol. The van der Waals surface area contributed by atoms with E-state index in [2.05, 4.69) is 26.1 Å². The molecule has 0 aliphatic rings. The Morgan fingerprint density at radius 1 is 1.12 bits per heavy atom. The predicted octanol–water partition coefficient (Wildman–Crippen LogP) is 4.08. The zero-order valence-electron chi connectivity index (χ0n) is 13.4. The Bertz CT molecular complexity index is 841. The minimum atomic E-state index is -0.0359. The van der Waals surface area contributed by atoms with Crippen molar-refractivity contribution in [1.29, 1.82) is 0 Å². The van der Waals surface area contributed by atoms with Gasteiger partial charge in [0, 0.05) is 29.2 Å². The molecule has 0 atom stereocenters. The second-order valence-electron chi connectivity index (χ2n) is 5.51. The highest BCUT2D eigenvalue weighted by Gasteiger charge is 2.13. The van der Waals surface area contributed by atoms with Gasteiger partial charge in [0.25, 0.3) is 11.8 Å². The lowest BCUT2D eigenvalue weighted by Crippen LogP contribution is -2.26. The Kier molecular flexibility index (Phi) is 4.76. The summed E-state index contributed by atoms with van der Waals surface area (Å²) in [5.41, 5.74) is 2.49. The normalized spacial score (nSPS) is 10.6. The summed E-state index contributed by atoms with van der Waals surface area (Å²) in [5, 5.41) is 3.77. The van der Waals surface area contributed by atoms with E-state index in [4.69, 9.17) is 4.52 Å². The van der Waals surface area contributed by atoms with Gasteiger partial charge in [-0.2, -0.15) is 4.98 Å². The van der Waals surface area contributed by atoms with Gasteiger partial charge in [0.05, 0.1) is 0 Å². The Morgan fingerprint density at radius 2 is 1.79 bits per heavy atom. The van der Waals surface area contributed by atoms with Crippen LogP contribution in [0.15, 0.2) is 57.5 Å². The van der Waals surface area contributed by atoms with Crippen LogP contribution in [-0.2, 0) is 6.54 Å². The lowest BCUT2D eigenvalue weighted by atomic mass is 10.1. The van der Waals surface area contributed by atoms with E-state index in [1.165, 1.54) is 0 Å². The molecular formula is C18H16BrN3O2. The van der Waals surface area contributed by atoms with Crippen LogP contribution in [0.5, 0.6) is 0 Å². The fourth-order valence-electron chi connectivity index (χ4n) is 2.33. The topological polar surface area (TPSA) is 59.2 Å². The van der Waals surface area contributed by atoms with Crippen molar-refractivity contribution in [3.05, 3.63) is 70.0 Å². The molecule has 0 N–H and O–H groups in total. The number of rotatable bonds is 4. The molecule has 0 aliphatic carbocycles. The summed E-state index contributed by atoms with van der Waals surface area (Å²) in [6, 6.07) is 15.1. The molecule has 0 aliphatic heterocycles. The number of carbonyl (C=O) groups is 1. The highest BCUT2D eigenvalue weighted by molar-refractivity contribution is 9.10. The summed E-state index contributed by atoms with van der Waals surface area (Å²) in [7, 11) is 1.79. The fourth-order valence-corrected chi connectivity index (χ4v) is 2.59. The van der Waals surface area contributed by atoms with E-state index in [1.54, 1.807) is 31.0 Å². The van der Waals surface area contributed by atoms with Crippen LogP contribution in [0, 0.1) is 6.92 Å². The summed E-state index contributed by atoms with van der Waals surface area (Å²) < 4.78 is 6.15. The van der Waals surface area contributed by atoms with Crippen molar-refractivity contribution < 1.29 is 9.32 Å². The third kappa shape index (κ3) is 3.71. The van der Waals surface area contributed by atoms with Crippen LogP contribution in [-0.4, -0.2) is 28.0 Å². The van der Waals surface area contributed by atoms with Crippen molar-refractivity contribution >= 4 is 21.8 Å². The van der Waals surface area contributed by atoms with Crippen molar-refractivity contribution in [3.8, 4) is 11.5 Å². The fraction of sp³-hybridized carbons (Fsp3) is 0.167. The molecule has 6 heteroatoms. The molecule has 2 aromatic carbocycles. The average Bonchev–Trinajstić information content (AvgIpc) is 3.03. The van der Waals surface area contributed by atoms with Gasteiger partial charge in [-0.15, -0.1) is 0 Å². The van der Waals surface area contributed by atoms with E-state index in [0.717, 1.165) is 15.6 Å². The monoisotopic (exact) mass is 385 g/mol. The van der Waals surface area contributed by atoms with Crippen LogP contribution in [0.3, 0.4) is 0 Å². The number of hydrogen-bond donors (Lipinski definition) is 0. The van der Waals surface area contributed by atoms with Crippen LogP contribution in [0.1, 0.15) is 21.7 Å². The molecule has 0 unspecified atom stereocenters. The Morgan fingerprint density at radius 3 is 2.38 bits per heavy atom. The Balaban J connectivity index is 1.71. The first kappa shape index (κ1) is 16.4. The summed E-state index contributed by atoms with van der Waals surface area (Å²) in [6.45, 7) is 2.32. The third-order valence-corrected chi connectivity index (χ3v) is 4.11. The second kappa shape index (κ2) is 6.97. The Hall–Kier alpha value is -2.47. The van der Waals surface area contributed by atoms with Gasteiger partial charge in [-0.1, -0.05) is 33.2 Å². The number of aromatic nitrogens is 2. The minimum Gasteiger partial charge on any atom is -0.337 e. The first-order valence-corrected chi connectivity index (χ1v) is 8.23. The van der Waals surface area contributed by atoms with E-state index < -0.39 is 0 Å². The molecular weight excluding hydrogens is 370 g/mol. The van der Waals surface area contributed by atoms with Crippen LogP contribution in [0.2, 0.25) is 0 Å². The highest BCUT2D eigenvalue weighted by atomic mass is 79.9. The first-order chi connectivity index (χ1) is 11.5. The lowest BCUT2D eigenvalue weighted by molar-refractivity contribution is 0.0785. The molecule has 0 fully saturated rings. The third-order valence-electron chi connectivity index (χ3n) is 3.59. The summed E-state index contributed by atoms with van der Waals surface area (Å²) in [5.74, 6) is 1.00. The van der Waals surface area contributed by atoms with Gasteiger partial charge in [-0.25, -0.2) is 0 Å². The maximum Gasteiger partial charge on any atom is 0.257 e. The number of hydrogen-bond acceptors (Lipinski definition) is 4. The number of nitrogens with zero attached hydrogens (tertiary/aromatic N) is 3. The van der Waals surface area contributed by atoms with Crippen molar-refractivity contribution in [3.63, 3.8) is 0 Å². The van der Waals surface area contributed by atoms with Gasteiger partial charge < -0.3 is 9.42 Å². The molecule has 0 radical (unpaired) electrons. The minimum absolute atomic E-state index is 0.0359. The maximum atomic E-state index is 12.5. The van der Waals surface area contributed by atoms with E-state index in [1.807, 2.05) is 36.4 Å². The SMILES string of the molecule is Cc1noc(-c2ccc(C(=O)N(C)Cc3ccc(Br)cc3)cc2)n1. The van der Waals surface area contributed by atoms with Crippen molar-refractivity contribution in [2.75, 3.05) is 7.05 Å². The molecule has 1 aromatic heterocycles. The average molecular weight is 386 g/mol. The highest BCUT2D eigenvalue weighted by Crippen LogP contribution is 2.19. The van der Waals surface area contributed by atoms with E-state index in [0.29, 0.717) is 23.8 Å². The van der Waals surface area contributed by atoms with Crippen LogP contribution in [0.25, 0.3) is 11.5 Å². The van der Waals surface area contributed by atoms with Crippen LogP contribution >= 0.6 is 15.9 Å². The van der Waals surface area contributed by atoms with Gasteiger partial charge in [0.1, 0.15) is 0 Å². The zero-order valence-corrected chi connectivity index (χ0v) is 14.9. The van der Waals surface area contributed by atoms with Gasteiger partial charge in [-0.3, -0.25) is 4.79 Å². The molecule has 3 rings (SSSR count). The first-order valence-electron chi connectivity index (χ1n) is 7.43. The lowest BCUT2D eigenvalue weighted by Gasteiger charge is -2.17. The number of benzene rings is 2. The molecule has 24 heavy (non-hydrogen) atoms. The quantitative estimate of drug-likeness (QED) is 0.678. The molecule has 1 heterocycles. The standard InChI is InChI=1S/C18H16BrN3O2/c1-12-20-17(24-21-12)14-5-7-15(8-6-14)18(23)22(2)11-13-3-9-16(19)10-4-13/h3-10H,11H2,1-2H3. The number of carbonyl (C=O) groups excluding carboxylic acids is 1. The van der Waals surface area contributed by atoms with E-state index >= 15 is 0 Å². The maximum absolute atomic E-state index is 12.5. The summed E-state index contributed by atoms with van der Waals surface area (Å²) >= 11 is 3.41. The Labute approximate surface area is 148 Å². The summed E-state index contributed by atoms with van der Waals surface area (Å²) in [6.07, 6.45) is 0. The van der Waals surface area contributed by atoms with Gasteiger partial charge >= 0.3 is 0 Å². The number of amides is 1. The van der Waals surface area contributed by atoms with E-state index in [9.17, 15) is 4.79 Å². The molecule has 0 spiro atoms. The van der Waals surface area contributed by atoms with Crippen LogP contribution < -0.4 is 0 Å². The van der Waals surface area contributed by atoms with Gasteiger partial charge in [-0.05, 0) is 48.9 Å². The van der Waals surface area contributed by atoms with Crippen molar-refractivity contribution in [1.82, 2.24) is 15.0 Å². The molecule has 122 valence electrons. The molecule has 3 aromatic rings. The zero-order chi connectivity index (χ0) is 17.1.